The molecule has 0 saturated carbocycles. The van der Waals surface area contributed by atoms with Crippen LogP contribution in [0.1, 0.15) is 6.92 Å². The molecule has 0 aliphatic rings. The summed E-state index contributed by atoms with van der Waals surface area (Å²) in [6.07, 6.45) is 0. The van der Waals surface area contributed by atoms with Gasteiger partial charge in [-0.1, -0.05) is 0 Å². The van der Waals surface area contributed by atoms with Crippen molar-refractivity contribution in [3.05, 3.63) is 30.3 Å². The third-order valence-corrected chi connectivity index (χ3v) is 2.40. The lowest BCUT2D eigenvalue weighted by molar-refractivity contribution is 0.340. The molecule has 0 fully saturated rings. The largest absolute Gasteiger partial charge is 0.508 e. The number of methoxy groups -OCH3 is 1. The number of hydrogen-bond acceptors (Lipinski definition) is 3. The SMILES string of the molecule is CCOc1ccc2c(OC)cc(O)cc2c1. The first-order valence-electron chi connectivity index (χ1n) is 5.18. The molecule has 0 bridgehead atoms. The molecule has 2 rings (SSSR count). The normalized spacial score (nSPS) is 10.4. The lowest BCUT2D eigenvalue weighted by atomic mass is 10.1. The number of phenols is 1. The highest BCUT2D eigenvalue weighted by Crippen LogP contribution is 2.32. The number of rotatable bonds is 3. The van der Waals surface area contributed by atoms with Crippen molar-refractivity contribution in [3.63, 3.8) is 0 Å². The molecule has 0 unspecified atom stereocenters. The molecule has 3 heteroatoms. The molecule has 0 radical (unpaired) electrons. The fourth-order valence-electron chi connectivity index (χ4n) is 1.72. The molecular formula is C13H14O3. The lowest BCUT2D eigenvalue weighted by Gasteiger charge is -2.08. The van der Waals surface area contributed by atoms with Crippen molar-refractivity contribution in [1.29, 1.82) is 0 Å². The van der Waals surface area contributed by atoms with Gasteiger partial charge < -0.3 is 14.6 Å². The van der Waals surface area contributed by atoms with Gasteiger partial charge in [-0.2, -0.15) is 0 Å². The Morgan fingerprint density at radius 2 is 2.00 bits per heavy atom. The molecule has 3 nitrogen and oxygen atoms in total. The molecule has 1 N–H and O–H groups in total. The monoisotopic (exact) mass is 218 g/mol. The van der Waals surface area contributed by atoms with Gasteiger partial charge in [0, 0.05) is 11.5 Å². The highest BCUT2D eigenvalue weighted by molar-refractivity contribution is 5.90. The van der Waals surface area contributed by atoms with Crippen LogP contribution >= 0.6 is 0 Å². The molecule has 0 aliphatic carbocycles. The van der Waals surface area contributed by atoms with E-state index in [1.807, 2.05) is 25.1 Å². The van der Waals surface area contributed by atoms with E-state index in [1.54, 1.807) is 19.2 Å². The van der Waals surface area contributed by atoms with E-state index in [2.05, 4.69) is 0 Å². The number of aromatic hydroxyl groups is 1. The average Bonchev–Trinajstić information content (AvgIpc) is 2.27. The molecule has 84 valence electrons. The molecule has 0 heterocycles. The van der Waals surface area contributed by atoms with Crippen molar-refractivity contribution in [2.45, 2.75) is 6.92 Å². The molecular weight excluding hydrogens is 204 g/mol. The zero-order valence-electron chi connectivity index (χ0n) is 9.36. The van der Waals surface area contributed by atoms with Crippen LogP contribution in [-0.4, -0.2) is 18.8 Å². The van der Waals surface area contributed by atoms with Gasteiger partial charge in [0.1, 0.15) is 17.2 Å². The van der Waals surface area contributed by atoms with E-state index in [-0.39, 0.29) is 5.75 Å². The maximum Gasteiger partial charge on any atom is 0.130 e. The fourth-order valence-corrected chi connectivity index (χ4v) is 1.72. The van der Waals surface area contributed by atoms with Crippen LogP contribution in [0.3, 0.4) is 0 Å². The Hall–Kier alpha value is -1.90. The lowest BCUT2D eigenvalue weighted by Crippen LogP contribution is -1.91. The first-order valence-corrected chi connectivity index (χ1v) is 5.18. The first kappa shape index (κ1) is 10.6. The van der Waals surface area contributed by atoms with E-state index in [4.69, 9.17) is 9.47 Å². The van der Waals surface area contributed by atoms with Gasteiger partial charge in [-0.3, -0.25) is 0 Å². The van der Waals surface area contributed by atoms with Gasteiger partial charge in [0.15, 0.2) is 0 Å². The van der Waals surface area contributed by atoms with Crippen LogP contribution in [0.2, 0.25) is 0 Å². The van der Waals surface area contributed by atoms with Crippen LogP contribution in [-0.2, 0) is 0 Å². The standard InChI is InChI=1S/C13H14O3/c1-3-16-11-4-5-12-9(7-11)6-10(14)8-13(12)15-2/h4-8,14H,3H2,1-2H3. The van der Waals surface area contributed by atoms with Gasteiger partial charge in [-0.25, -0.2) is 0 Å². The number of hydrogen-bond donors (Lipinski definition) is 1. The highest BCUT2D eigenvalue weighted by atomic mass is 16.5. The zero-order valence-corrected chi connectivity index (χ0v) is 9.36. The fraction of sp³-hybridized carbons (Fsp3) is 0.231. The summed E-state index contributed by atoms with van der Waals surface area (Å²) in [6.45, 7) is 2.56. The summed E-state index contributed by atoms with van der Waals surface area (Å²) in [4.78, 5) is 0. The van der Waals surface area contributed by atoms with Crippen molar-refractivity contribution in [1.82, 2.24) is 0 Å². The summed E-state index contributed by atoms with van der Waals surface area (Å²) in [5, 5.41) is 11.4. The van der Waals surface area contributed by atoms with E-state index < -0.39 is 0 Å². The van der Waals surface area contributed by atoms with E-state index in [0.717, 1.165) is 16.5 Å². The summed E-state index contributed by atoms with van der Waals surface area (Å²) in [6, 6.07) is 9.01. The van der Waals surface area contributed by atoms with Gasteiger partial charge >= 0.3 is 0 Å². The minimum atomic E-state index is 0.193. The summed E-state index contributed by atoms with van der Waals surface area (Å²) in [5.74, 6) is 1.65. The Labute approximate surface area is 94.2 Å². The van der Waals surface area contributed by atoms with Crippen molar-refractivity contribution in [2.75, 3.05) is 13.7 Å². The second kappa shape index (κ2) is 4.31. The Balaban J connectivity index is 2.60. The number of phenolic OH excluding ortho intramolecular Hbond substituents is 1. The Bertz CT molecular complexity index is 506. The van der Waals surface area contributed by atoms with Crippen LogP contribution in [0.4, 0.5) is 0 Å². The molecule has 2 aromatic carbocycles. The number of benzene rings is 2. The van der Waals surface area contributed by atoms with Crippen molar-refractivity contribution < 1.29 is 14.6 Å². The van der Waals surface area contributed by atoms with Gasteiger partial charge in [0.05, 0.1) is 13.7 Å². The predicted molar refractivity (Wildman–Crippen MR) is 63.3 cm³/mol. The minimum absolute atomic E-state index is 0.193. The summed E-state index contributed by atoms with van der Waals surface area (Å²) in [5.41, 5.74) is 0. The molecule has 2 aromatic rings. The van der Waals surface area contributed by atoms with Crippen LogP contribution in [0, 0.1) is 0 Å². The Morgan fingerprint density at radius 3 is 2.69 bits per heavy atom. The third-order valence-electron chi connectivity index (χ3n) is 2.40. The smallest absolute Gasteiger partial charge is 0.130 e. The number of ether oxygens (including phenoxy) is 2. The van der Waals surface area contributed by atoms with Gasteiger partial charge in [-0.15, -0.1) is 0 Å². The molecule has 0 amide bonds. The molecule has 0 aromatic heterocycles. The van der Waals surface area contributed by atoms with Gasteiger partial charge in [0.2, 0.25) is 0 Å². The second-order valence-corrected chi connectivity index (χ2v) is 3.46. The maximum atomic E-state index is 9.54. The third kappa shape index (κ3) is 1.89. The van der Waals surface area contributed by atoms with Crippen molar-refractivity contribution in [2.24, 2.45) is 0 Å². The Morgan fingerprint density at radius 1 is 1.19 bits per heavy atom. The molecule has 0 aliphatic heterocycles. The summed E-state index contributed by atoms with van der Waals surface area (Å²) in [7, 11) is 1.59. The van der Waals surface area contributed by atoms with Crippen LogP contribution in [0.15, 0.2) is 30.3 Å². The summed E-state index contributed by atoms with van der Waals surface area (Å²) >= 11 is 0. The Kier molecular flexibility index (Phi) is 2.86. The molecule has 0 atom stereocenters. The van der Waals surface area contributed by atoms with Crippen molar-refractivity contribution >= 4 is 10.8 Å². The molecule has 0 saturated heterocycles. The second-order valence-electron chi connectivity index (χ2n) is 3.46. The highest BCUT2D eigenvalue weighted by Gasteiger charge is 2.05. The minimum Gasteiger partial charge on any atom is -0.508 e. The van der Waals surface area contributed by atoms with Crippen LogP contribution in [0.25, 0.3) is 10.8 Å². The van der Waals surface area contributed by atoms with Gasteiger partial charge in [-0.05, 0) is 36.6 Å². The quantitative estimate of drug-likeness (QED) is 0.860. The topological polar surface area (TPSA) is 38.7 Å². The first-order chi connectivity index (χ1) is 7.74. The number of fused-ring (bicyclic) bond motifs is 1. The molecule has 0 spiro atoms. The van der Waals surface area contributed by atoms with Crippen LogP contribution in [0.5, 0.6) is 17.2 Å². The predicted octanol–water partition coefficient (Wildman–Crippen LogP) is 2.95. The van der Waals surface area contributed by atoms with E-state index in [1.165, 1.54) is 0 Å². The molecule has 16 heavy (non-hydrogen) atoms. The zero-order chi connectivity index (χ0) is 11.5. The van der Waals surface area contributed by atoms with Crippen molar-refractivity contribution in [3.8, 4) is 17.2 Å². The van der Waals surface area contributed by atoms with Gasteiger partial charge in [0.25, 0.3) is 0 Å². The maximum absolute atomic E-state index is 9.54. The van der Waals surface area contributed by atoms with E-state index in [0.29, 0.717) is 12.4 Å². The van der Waals surface area contributed by atoms with E-state index >= 15 is 0 Å². The summed E-state index contributed by atoms with van der Waals surface area (Å²) < 4.78 is 10.6. The van der Waals surface area contributed by atoms with E-state index in [9.17, 15) is 5.11 Å². The van der Waals surface area contributed by atoms with Crippen LogP contribution < -0.4 is 9.47 Å². The average molecular weight is 218 g/mol.